The summed E-state index contributed by atoms with van der Waals surface area (Å²) in [6.07, 6.45) is 2.17. The summed E-state index contributed by atoms with van der Waals surface area (Å²) in [5, 5.41) is 2.51. The van der Waals surface area contributed by atoms with E-state index in [1.54, 1.807) is 0 Å². The Morgan fingerprint density at radius 2 is 2.04 bits per heavy atom. The van der Waals surface area contributed by atoms with E-state index in [2.05, 4.69) is 12.2 Å². The number of nitrogens with one attached hydrogen (secondary N) is 1. The van der Waals surface area contributed by atoms with Gasteiger partial charge in [-0.05, 0) is 30.4 Å². The number of hydrogen-bond acceptors (Lipinski definition) is 4. The van der Waals surface area contributed by atoms with Crippen molar-refractivity contribution in [3.8, 4) is 0 Å². The van der Waals surface area contributed by atoms with Gasteiger partial charge in [0.25, 0.3) is 5.91 Å². The maximum Gasteiger partial charge on any atom is 0.408 e. The van der Waals surface area contributed by atoms with Crippen molar-refractivity contribution in [3.63, 3.8) is 0 Å². The van der Waals surface area contributed by atoms with E-state index in [9.17, 15) is 14.2 Å². The standard InChI is InChI=1S/C16H25N4O4P/c1-2-6-12-7-3-4-8-13(12)11-24-16(22)19-14-9-5-10-20(15(14)21)25(17,18)23/h3-4,7-8,14H,2,5-6,9-11H2,1H3,(H,19,22)(H4,17,18,23)/t14-/m0/s1. The molecule has 0 spiro atoms. The number of amides is 2. The Bertz CT molecular complexity index is 676. The first-order valence-corrected chi connectivity index (χ1v) is 10.1. The third kappa shape index (κ3) is 5.29. The molecule has 1 aliphatic rings. The van der Waals surface area contributed by atoms with Gasteiger partial charge in [0.15, 0.2) is 0 Å². The van der Waals surface area contributed by atoms with Gasteiger partial charge < -0.3 is 10.1 Å². The van der Waals surface area contributed by atoms with Crippen LogP contribution in [0.25, 0.3) is 0 Å². The lowest BCUT2D eigenvalue weighted by molar-refractivity contribution is -0.130. The van der Waals surface area contributed by atoms with Crippen molar-refractivity contribution in [2.75, 3.05) is 6.54 Å². The molecule has 25 heavy (non-hydrogen) atoms. The second-order valence-corrected chi connectivity index (χ2v) is 7.90. The van der Waals surface area contributed by atoms with Crippen LogP contribution in [0.2, 0.25) is 0 Å². The average molecular weight is 368 g/mol. The molecule has 1 saturated heterocycles. The van der Waals surface area contributed by atoms with E-state index < -0.39 is 25.6 Å². The SMILES string of the molecule is CCCc1ccccc1COC(=O)N[C@H]1CCCN(P(N)(N)=O)C1=O. The summed E-state index contributed by atoms with van der Waals surface area (Å²) in [6.45, 7) is 2.43. The first-order valence-electron chi connectivity index (χ1n) is 8.32. The molecule has 5 N–H and O–H groups in total. The van der Waals surface area contributed by atoms with Gasteiger partial charge in [-0.25, -0.2) is 4.79 Å². The number of benzene rings is 1. The van der Waals surface area contributed by atoms with Crippen LogP contribution >= 0.6 is 7.59 Å². The molecule has 2 rings (SSSR count). The Balaban J connectivity index is 1.92. The lowest BCUT2D eigenvalue weighted by Gasteiger charge is -2.33. The van der Waals surface area contributed by atoms with Gasteiger partial charge in [0.1, 0.15) is 12.6 Å². The fraction of sp³-hybridized carbons (Fsp3) is 0.500. The largest absolute Gasteiger partial charge is 0.445 e. The van der Waals surface area contributed by atoms with Crippen LogP contribution < -0.4 is 16.3 Å². The van der Waals surface area contributed by atoms with Gasteiger partial charge in [0.2, 0.25) is 0 Å². The van der Waals surface area contributed by atoms with Gasteiger partial charge in [-0.2, -0.15) is 0 Å². The normalized spacial score (nSPS) is 18.1. The van der Waals surface area contributed by atoms with Crippen molar-refractivity contribution < 1.29 is 18.9 Å². The van der Waals surface area contributed by atoms with Gasteiger partial charge in [0.05, 0.1) is 0 Å². The molecule has 1 aromatic rings. The highest BCUT2D eigenvalue weighted by Gasteiger charge is 2.36. The summed E-state index contributed by atoms with van der Waals surface area (Å²) in [7, 11) is -3.66. The van der Waals surface area contributed by atoms with Gasteiger partial charge >= 0.3 is 13.7 Å². The summed E-state index contributed by atoms with van der Waals surface area (Å²) < 4.78 is 17.9. The zero-order valence-corrected chi connectivity index (χ0v) is 15.2. The van der Waals surface area contributed by atoms with Crippen molar-refractivity contribution in [1.82, 2.24) is 9.99 Å². The molecular formula is C16H25N4O4P. The van der Waals surface area contributed by atoms with Gasteiger partial charge in [-0.15, -0.1) is 0 Å². The summed E-state index contributed by atoms with van der Waals surface area (Å²) >= 11 is 0. The Hall–Kier alpha value is -1.89. The highest BCUT2D eigenvalue weighted by molar-refractivity contribution is 7.57. The molecule has 1 fully saturated rings. The van der Waals surface area contributed by atoms with E-state index in [0.717, 1.165) is 28.6 Å². The van der Waals surface area contributed by atoms with E-state index in [0.29, 0.717) is 12.8 Å². The number of rotatable bonds is 6. The van der Waals surface area contributed by atoms with Crippen LogP contribution in [0.3, 0.4) is 0 Å². The number of aryl methyl sites for hydroxylation is 1. The predicted octanol–water partition coefficient (Wildman–Crippen LogP) is 1.88. The molecular weight excluding hydrogens is 343 g/mol. The van der Waals surface area contributed by atoms with E-state index in [4.69, 9.17) is 15.7 Å². The summed E-state index contributed by atoms with van der Waals surface area (Å²) in [5.41, 5.74) is 12.8. The molecule has 0 unspecified atom stereocenters. The summed E-state index contributed by atoms with van der Waals surface area (Å²) in [4.78, 5) is 24.3. The van der Waals surface area contributed by atoms with Crippen LogP contribution in [-0.2, 0) is 27.1 Å². The fourth-order valence-electron chi connectivity index (χ4n) is 2.84. The van der Waals surface area contributed by atoms with Crippen LogP contribution in [-0.4, -0.2) is 29.3 Å². The topological polar surface area (TPSA) is 128 Å². The van der Waals surface area contributed by atoms with Crippen molar-refractivity contribution in [2.45, 2.75) is 45.3 Å². The van der Waals surface area contributed by atoms with E-state index >= 15 is 0 Å². The number of nitrogens with zero attached hydrogens (tertiary/aromatic N) is 1. The quantitative estimate of drug-likeness (QED) is 0.658. The van der Waals surface area contributed by atoms with Crippen LogP contribution in [0, 0.1) is 0 Å². The zero-order chi connectivity index (χ0) is 18.4. The van der Waals surface area contributed by atoms with Crippen molar-refractivity contribution in [2.24, 2.45) is 11.0 Å². The molecule has 2 amide bonds. The molecule has 1 atom stereocenters. The number of carbonyl (C=O) groups is 2. The maximum atomic E-state index is 12.2. The molecule has 0 aliphatic carbocycles. The molecule has 1 aromatic carbocycles. The third-order valence-corrected chi connectivity index (χ3v) is 5.23. The number of ether oxygens (including phenoxy) is 1. The summed E-state index contributed by atoms with van der Waals surface area (Å²) in [6, 6.07) is 6.92. The van der Waals surface area contributed by atoms with Crippen molar-refractivity contribution >= 4 is 19.6 Å². The Morgan fingerprint density at radius 1 is 1.36 bits per heavy atom. The number of nitrogens with two attached hydrogens (primary N) is 2. The molecule has 8 nitrogen and oxygen atoms in total. The Labute approximate surface area is 147 Å². The molecule has 9 heteroatoms. The molecule has 1 aliphatic heterocycles. The summed E-state index contributed by atoms with van der Waals surface area (Å²) in [5.74, 6) is -0.539. The Kier molecular flexibility index (Phi) is 6.58. The van der Waals surface area contributed by atoms with Gasteiger partial charge in [0, 0.05) is 6.54 Å². The zero-order valence-electron chi connectivity index (χ0n) is 14.3. The molecule has 0 bridgehead atoms. The highest BCUT2D eigenvalue weighted by atomic mass is 31.2. The molecule has 138 valence electrons. The van der Waals surface area contributed by atoms with Gasteiger partial charge in [-0.1, -0.05) is 37.6 Å². The minimum Gasteiger partial charge on any atom is -0.445 e. The maximum absolute atomic E-state index is 12.2. The minimum absolute atomic E-state index is 0.124. The van der Waals surface area contributed by atoms with E-state index in [-0.39, 0.29) is 13.2 Å². The monoisotopic (exact) mass is 368 g/mol. The van der Waals surface area contributed by atoms with Crippen molar-refractivity contribution in [1.29, 1.82) is 0 Å². The second kappa shape index (κ2) is 8.47. The minimum atomic E-state index is -3.66. The van der Waals surface area contributed by atoms with E-state index in [1.807, 2.05) is 24.3 Å². The lowest BCUT2D eigenvalue weighted by Crippen LogP contribution is -2.52. The first kappa shape index (κ1) is 19.4. The van der Waals surface area contributed by atoms with Crippen molar-refractivity contribution in [3.05, 3.63) is 35.4 Å². The smallest absolute Gasteiger partial charge is 0.408 e. The third-order valence-electron chi connectivity index (χ3n) is 4.08. The number of carbonyl (C=O) groups excluding carboxylic acids is 2. The van der Waals surface area contributed by atoms with Crippen LogP contribution in [0.4, 0.5) is 4.79 Å². The predicted molar refractivity (Wildman–Crippen MR) is 94.5 cm³/mol. The molecule has 0 radical (unpaired) electrons. The fourth-order valence-corrected chi connectivity index (χ4v) is 3.74. The highest BCUT2D eigenvalue weighted by Crippen LogP contribution is 2.35. The van der Waals surface area contributed by atoms with Crippen LogP contribution in [0.5, 0.6) is 0 Å². The van der Waals surface area contributed by atoms with E-state index in [1.165, 1.54) is 0 Å². The number of piperidine rings is 1. The Morgan fingerprint density at radius 3 is 2.68 bits per heavy atom. The lowest BCUT2D eigenvalue weighted by atomic mass is 10.0. The van der Waals surface area contributed by atoms with Gasteiger partial charge in [-0.3, -0.25) is 25.0 Å². The molecule has 0 aromatic heterocycles. The molecule has 0 saturated carbocycles. The average Bonchev–Trinajstić information content (AvgIpc) is 2.55. The van der Waals surface area contributed by atoms with Crippen LogP contribution in [0.15, 0.2) is 24.3 Å². The molecule has 1 heterocycles. The second-order valence-electron chi connectivity index (χ2n) is 6.07. The first-order chi connectivity index (χ1) is 11.8. The van der Waals surface area contributed by atoms with Crippen LogP contribution in [0.1, 0.15) is 37.3 Å². The number of alkyl carbamates (subject to hydrolysis) is 1. The number of hydrogen-bond donors (Lipinski definition) is 3.